The molecular formula is C12H10N2O2. The molecule has 0 aromatic heterocycles. The number of Topliss-reactive ketones (excluding diaryl/α,β-unsaturated/α-hetero) is 1. The van der Waals surface area contributed by atoms with Crippen LogP contribution in [-0.2, 0) is 4.79 Å². The van der Waals surface area contributed by atoms with Crippen LogP contribution in [0.25, 0.3) is 0 Å². The van der Waals surface area contributed by atoms with Crippen molar-refractivity contribution in [2.75, 3.05) is 11.9 Å². The summed E-state index contributed by atoms with van der Waals surface area (Å²) in [6.07, 6.45) is 0.569. The van der Waals surface area contributed by atoms with Crippen LogP contribution in [0.1, 0.15) is 22.3 Å². The number of amides is 1. The van der Waals surface area contributed by atoms with Crippen molar-refractivity contribution in [2.45, 2.75) is 6.42 Å². The molecule has 0 spiro atoms. The summed E-state index contributed by atoms with van der Waals surface area (Å²) < 4.78 is 0. The highest BCUT2D eigenvalue weighted by Gasteiger charge is 2.29. The number of hydrogen-bond acceptors (Lipinski definition) is 3. The number of benzene rings is 1. The molecule has 1 aliphatic rings. The molecule has 1 aliphatic heterocycles. The molecule has 4 heteroatoms. The van der Waals surface area contributed by atoms with Crippen molar-refractivity contribution in [3.8, 4) is 11.8 Å². The number of hydrogen-bond donors (Lipinski definition) is 2. The highest BCUT2D eigenvalue weighted by atomic mass is 16.2. The SMILES string of the molecule is NCCC#Cc1cccc2c1C(=O)C(=O)N2. The van der Waals surface area contributed by atoms with Crippen LogP contribution in [0.4, 0.5) is 5.69 Å². The summed E-state index contributed by atoms with van der Waals surface area (Å²) in [5.41, 5.74) is 6.81. The van der Waals surface area contributed by atoms with E-state index in [0.717, 1.165) is 0 Å². The molecule has 2 rings (SSSR count). The third kappa shape index (κ3) is 1.69. The lowest BCUT2D eigenvalue weighted by molar-refractivity contribution is -0.112. The predicted molar refractivity (Wildman–Crippen MR) is 60.0 cm³/mol. The summed E-state index contributed by atoms with van der Waals surface area (Å²) in [5, 5.41) is 2.50. The standard InChI is InChI=1S/C12H10N2O2/c13-7-2-1-4-8-5-3-6-9-10(8)11(15)12(16)14-9/h3,5-6H,2,7,13H2,(H,14,15,16). The van der Waals surface area contributed by atoms with Crippen molar-refractivity contribution < 1.29 is 9.59 Å². The molecular weight excluding hydrogens is 204 g/mol. The van der Waals surface area contributed by atoms with E-state index in [9.17, 15) is 9.59 Å². The van der Waals surface area contributed by atoms with E-state index in [2.05, 4.69) is 17.2 Å². The molecule has 0 fully saturated rings. The zero-order valence-electron chi connectivity index (χ0n) is 8.54. The maximum absolute atomic E-state index is 11.5. The van der Waals surface area contributed by atoms with Gasteiger partial charge in [0.05, 0.1) is 11.3 Å². The van der Waals surface area contributed by atoms with Crippen molar-refractivity contribution >= 4 is 17.4 Å². The van der Waals surface area contributed by atoms with Gasteiger partial charge in [-0.25, -0.2) is 0 Å². The van der Waals surface area contributed by atoms with E-state index in [4.69, 9.17) is 5.73 Å². The Morgan fingerprint density at radius 2 is 2.12 bits per heavy atom. The van der Waals surface area contributed by atoms with Crippen LogP contribution in [0.3, 0.4) is 0 Å². The Hall–Kier alpha value is -2.12. The van der Waals surface area contributed by atoms with Crippen LogP contribution < -0.4 is 11.1 Å². The van der Waals surface area contributed by atoms with Gasteiger partial charge in [-0.05, 0) is 12.1 Å². The third-order valence-corrected chi connectivity index (χ3v) is 2.24. The number of carbonyl (C=O) groups excluding carboxylic acids is 2. The smallest absolute Gasteiger partial charge is 0.296 e. The molecule has 1 aromatic rings. The van der Waals surface area contributed by atoms with Crippen LogP contribution in [0, 0.1) is 11.8 Å². The van der Waals surface area contributed by atoms with E-state index in [1.807, 2.05) is 0 Å². The zero-order chi connectivity index (χ0) is 11.5. The topological polar surface area (TPSA) is 72.2 Å². The van der Waals surface area contributed by atoms with E-state index in [-0.39, 0.29) is 0 Å². The van der Waals surface area contributed by atoms with Crippen LogP contribution >= 0.6 is 0 Å². The summed E-state index contributed by atoms with van der Waals surface area (Å²) in [6.45, 7) is 0.479. The minimum atomic E-state index is -0.594. The second-order valence-corrected chi connectivity index (χ2v) is 3.35. The average molecular weight is 214 g/mol. The average Bonchev–Trinajstić information content (AvgIpc) is 2.56. The van der Waals surface area contributed by atoms with E-state index in [0.29, 0.717) is 29.8 Å². The molecule has 4 nitrogen and oxygen atoms in total. The number of carbonyl (C=O) groups is 2. The first-order valence-electron chi connectivity index (χ1n) is 4.91. The molecule has 0 atom stereocenters. The lowest BCUT2D eigenvalue weighted by Crippen LogP contribution is -2.12. The third-order valence-electron chi connectivity index (χ3n) is 2.24. The van der Waals surface area contributed by atoms with E-state index in [1.165, 1.54) is 0 Å². The minimum absolute atomic E-state index is 0.372. The van der Waals surface area contributed by atoms with Crippen LogP contribution in [0.5, 0.6) is 0 Å². The molecule has 1 heterocycles. The highest BCUT2D eigenvalue weighted by molar-refractivity contribution is 6.52. The number of nitrogens with one attached hydrogen (secondary N) is 1. The van der Waals surface area contributed by atoms with Gasteiger partial charge in [0.1, 0.15) is 0 Å². The number of rotatable bonds is 1. The first kappa shape index (κ1) is 10.4. The number of ketones is 1. The van der Waals surface area contributed by atoms with Gasteiger partial charge in [-0.3, -0.25) is 9.59 Å². The van der Waals surface area contributed by atoms with Gasteiger partial charge in [0, 0.05) is 18.5 Å². The molecule has 1 amide bonds. The minimum Gasteiger partial charge on any atom is -0.330 e. The van der Waals surface area contributed by atoms with Crippen molar-refractivity contribution in [3.63, 3.8) is 0 Å². The van der Waals surface area contributed by atoms with Gasteiger partial charge in [-0.2, -0.15) is 0 Å². The molecule has 3 N–H and O–H groups in total. The first-order chi connectivity index (χ1) is 7.74. The molecule has 16 heavy (non-hydrogen) atoms. The summed E-state index contributed by atoms with van der Waals surface area (Å²) >= 11 is 0. The van der Waals surface area contributed by atoms with Gasteiger partial charge in [0.2, 0.25) is 0 Å². The molecule has 80 valence electrons. The van der Waals surface area contributed by atoms with Gasteiger partial charge >= 0.3 is 0 Å². The van der Waals surface area contributed by atoms with Crippen LogP contribution in [-0.4, -0.2) is 18.2 Å². The Balaban J connectivity index is 2.44. The Bertz CT molecular complexity index is 524. The van der Waals surface area contributed by atoms with E-state index < -0.39 is 11.7 Å². The van der Waals surface area contributed by atoms with Gasteiger partial charge < -0.3 is 11.1 Å². The van der Waals surface area contributed by atoms with Gasteiger partial charge in [-0.1, -0.05) is 17.9 Å². The predicted octanol–water partition coefficient (Wildman–Crippen LogP) is 0.522. The zero-order valence-corrected chi connectivity index (χ0v) is 8.54. The fraction of sp³-hybridized carbons (Fsp3) is 0.167. The van der Waals surface area contributed by atoms with E-state index in [1.54, 1.807) is 18.2 Å². The lowest BCUT2D eigenvalue weighted by Gasteiger charge is -1.98. The van der Waals surface area contributed by atoms with Gasteiger partial charge in [0.25, 0.3) is 11.7 Å². The maximum atomic E-state index is 11.5. The fourth-order valence-corrected chi connectivity index (χ4v) is 1.53. The van der Waals surface area contributed by atoms with Crippen molar-refractivity contribution in [1.82, 2.24) is 0 Å². The summed E-state index contributed by atoms with van der Waals surface area (Å²) in [6, 6.07) is 5.16. The molecule has 0 aliphatic carbocycles. The van der Waals surface area contributed by atoms with Crippen molar-refractivity contribution in [1.29, 1.82) is 0 Å². The molecule has 0 bridgehead atoms. The van der Waals surface area contributed by atoms with Crippen LogP contribution in [0.2, 0.25) is 0 Å². The Kier molecular flexibility index (Phi) is 2.71. The highest BCUT2D eigenvalue weighted by Crippen LogP contribution is 2.25. The summed E-state index contributed by atoms with van der Waals surface area (Å²) in [5.74, 6) is 4.59. The largest absolute Gasteiger partial charge is 0.330 e. The Labute approximate surface area is 92.8 Å². The lowest BCUT2D eigenvalue weighted by atomic mass is 10.0. The first-order valence-corrected chi connectivity index (χ1v) is 4.91. The molecule has 0 saturated heterocycles. The fourth-order valence-electron chi connectivity index (χ4n) is 1.53. The number of nitrogens with two attached hydrogens (primary N) is 1. The van der Waals surface area contributed by atoms with Crippen molar-refractivity contribution in [2.24, 2.45) is 5.73 Å². The molecule has 0 saturated carbocycles. The van der Waals surface area contributed by atoms with Crippen LogP contribution in [0.15, 0.2) is 18.2 Å². The van der Waals surface area contributed by atoms with Gasteiger partial charge in [0.15, 0.2) is 0 Å². The van der Waals surface area contributed by atoms with E-state index >= 15 is 0 Å². The maximum Gasteiger partial charge on any atom is 0.296 e. The Morgan fingerprint density at radius 3 is 2.88 bits per heavy atom. The number of fused-ring (bicyclic) bond motifs is 1. The quantitative estimate of drug-likeness (QED) is 0.529. The van der Waals surface area contributed by atoms with Gasteiger partial charge in [-0.15, -0.1) is 0 Å². The monoisotopic (exact) mass is 214 g/mol. The summed E-state index contributed by atoms with van der Waals surface area (Å²) in [4.78, 5) is 22.7. The molecule has 1 aromatic carbocycles. The second kappa shape index (κ2) is 4.17. The second-order valence-electron chi connectivity index (χ2n) is 3.35. The Morgan fingerprint density at radius 1 is 1.31 bits per heavy atom. The molecule has 0 radical (unpaired) electrons. The van der Waals surface area contributed by atoms with Crippen molar-refractivity contribution in [3.05, 3.63) is 29.3 Å². The normalized spacial score (nSPS) is 12.8. The summed E-state index contributed by atoms with van der Waals surface area (Å²) in [7, 11) is 0. The molecule has 0 unspecified atom stereocenters. The number of anilines is 1.